The average Bonchev–Trinajstić information content (AvgIpc) is 2.44. The van der Waals surface area contributed by atoms with Crippen LogP contribution in [-0.2, 0) is 4.79 Å². The van der Waals surface area contributed by atoms with Crippen LogP contribution in [0.4, 0.5) is 0 Å². The SMILES string of the molecule is CC=C(C=O)c1ccccc1.c1ccccc1. The molecule has 0 heterocycles. The molecule has 1 heteroatoms. The summed E-state index contributed by atoms with van der Waals surface area (Å²) in [5.41, 5.74) is 1.72. The molecule has 0 aliphatic carbocycles. The zero-order valence-electron chi connectivity index (χ0n) is 9.91. The van der Waals surface area contributed by atoms with Crippen LogP contribution in [0.5, 0.6) is 0 Å². The first-order valence-corrected chi connectivity index (χ1v) is 5.55. The molecule has 0 bridgehead atoms. The van der Waals surface area contributed by atoms with Crippen LogP contribution < -0.4 is 0 Å². The standard InChI is InChI=1S/C10H10O.C6H6/c1-2-9(8-11)10-6-4-3-5-7-10;1-2-4-6-5-3-1/h2-8H,1H3;1-6H. The minimum absolute atomic E-state index is 0.741. The third kappa shape index (κ3) is 4.94. The van der Waals surface area contributed by atoms with E-state index in [1.165, 1.54) is 0 Å². The van der Waals surface area contributed by atoms with E-state index in [2.05, 4.69) is 0 Å². The van der Waals surface area contributed by atoms with Crippen molar-refractivity contribution in [3.8, 4) is 0 Å². The molecule has 86 valence electrons. The number of carbonyl (C=O) groups is 1. The molecule has 0 fully saturated rings. The molecular weight excluding hydrogens is 208 g/mol. The lowest BCUT2D eigenvalue weighted by atomic mass is 10.1. The van der Waals surface area contributed by atoms with Crippen molar-refractivity contribution in [2.75, 3.05) is 0 Å². The van der Waals surface area contributed by atoms with Gasteiger partial charge in [0.1, 0.15) is 6.29 Å². The summed E-state index contributed by atoms with van der Waals surface area (Å²) in [6.07, 6.45) is 2.68. The van der Waals surface area contributed by atoms with Crippen molar-refractivity contribution >= 4 is 11.9 Å². The van der Waals surface area contributed by atoms with Gasteiger partial charge in [0, 0.05) is 5.57 Å². The summed E-state index contributed by atoms with van der Waals surface area (Å²) in [5, 5.41) is 0. The lowest BCUT2D eigenvalue weighted by Crippen LogP contribution is -1.82. The Labute approximate surface area is 102 Å². The van der Waals surface area contributed by atoms with Crippen LogP contribution in [0.15, 0.2) is 72.8 Å². The smallest absolute Gasteiger partial charge is 0.150 e. The van der Waals surface area contributed by atoms with E-state index in [1.807, 2.05) is 79.7 Å². The van der Waals surface area contributed by atoms with E-state index in [-0.39, 0.29) is 0 Å². The maximum atomic E-state index is 10.5. The topological polar surface area (TPSA) is 17.1 Å². The van der Waals surface area contributed by atoms with Gasteiger partial charge in [-0.25, -0.2) is 0 Å². The van der Waals surface area contributed by atoms with Crippen LogP contribution in [0, 0.1) is 0 Å². The van der Waals surface area contributed by atoms with Gasteiger partial charge in [0.15, 0.2) is 0 Å². The summed E-state index contributed by atoms with van der Waals surface area (Å²) in [4.78, 5) is 10.5. The van der Waals surface area contributed by atoms with Crippen LogP contribution in [0.3, 0.4) is 0 Å². The highest BCUT2D eigenvalue weighted by Gasteiger charge is 1.94. The predicted octanol–water partition coefficient (Wildman–Crippen LogP) is 3.98. The first-order chi connectivity index (χ1) is 8.38. The molecule has 0 atom stereocenters. The summed E-state index contributed by atoms with van der Waals surface area (Å²) in [6.45, 7) is 1.86. The van der Waals surface area contributed by atoms with Crippen molar-refractivity contribution in [3.05, 3.63) is 78.4 Å². The first-order valence-electron chi connectivity index (χ1n) is 5.55. The Balaban J connectivity index is 0.000000202. The molecule has 0 N–H and O–H groups in total. The normalized spacial score (nSPS) is 10.1. The molecule has 2 rings (SSSR count). The van der Waals surface area contributed by atoms with E-state index in [0.29, 0.717) is 0 Å². The predicted molar refractivity (Wildman–Crippen MR) is 72.6 cm³/mol. The second-order valence-electron chi connectivity index (χ2n) is 3.38. The molecule has 0 radical (unpaired) electrons. The maximum Gasteiger partial charge on any atom is 0.150 e. The highest BCUT2D eigenvalue weighted by Crippen LogP contribution is 2.09. The molecule has 0 amide bonds. The fourth-order valence-corrected chi connectivity index (χ4v) is 1.32. The summed E-state index contributed by atoms with van der Waals surface area (Å²) in [5.74, 6) is 0. The molecule has 0 saturated carbocycles. The van der Waals surface area contributed by atoms with E-state index in [9.17, 15) is 4.79 Å². The Kier molecular flexibility index (Phi) is 6.12. The van der Waals surface area contributed by atoms with Crippen LogP contribution in [0.1, 0.15) is 12.5 Å². The van der Waals surface area contributed by atoms with Gasteiger partial charge in [0.25, 0.3) is 0 Å². The van der Waals surface area contributed by atoms with Crippen molar-refractivity contribution in [1.29, 1.82) is 0 Å². The van der Waals surface area contributed by atoms with Crippen LogP contribution in [0.25, 0.3) is 5.57 Å². The van der Waals surface area contributed by atoms with E-state index in [1.54, 1.807) is 0 Å². The molecule has 0 aromatic heterocycles. The van der Waals surface area contributed by atoms with Gasteiger partial charge in [-0.1, -0.05) is 72.8 Å². The summed E-state index contributed by atoms with van der Waals surface area (Å²) in [7, 11) is 0. The monoisotopic (exact) mass is 224 g/mol. The summed E-state index contributed by atoms with van der Waals surface area (Å²) < 4.78 is 0. The zero-order chi connectivity index (χ0) is 12.3. The Morgan fingerprint density at radius 1 is 0.824 bits per heavy atom. The number of hydrogen-bond acceptors (Lipinski definition) is 1. The fraction of sp³-hybridized carbons (Fsp3) is 0.0625. The fourth-order valence-electron chi connectivity index (χ4n) is 1.32. The number of aldehydes is 1. The van der Waals surface area contributed by atoms with Gasteiger partial charge in [0.2, 0.25) is 0 Å². The Hall–Kier alpha value is -2.15. The number of carbonyl (C=O) groups excluding carboxylic acids is 1. The molecule has 0 saturated heterocycles. The van der Waals surface area contributed by atoms with Gasteiger partial charge in [-0.3, -0.25) is 4.79 Å². The third-order valence-corrected chi connectivity index (χ3v) is 2.21. The van der Waals surface area contributed by atoms with Crippen molar-refractivity contribution in [2.24, 2.45) is 0 Å². The minimum Gasteiger partial charge on any atom is -0.298 e. The van der Waals surface area contributed by atoms with Crippen molar-refractivity contribution in [3.63, 3.8) is 0 Å². The summed E-state index contributed by atoms with van der Waals surface area (Å²) in [6, 6.07) is 21.6. The minimum atomic E-state index is 0.741. The molecule has 17 heavy (non-hydrogen) atoms. The number of hydrogen-bond donors (Lipinski definition) is 0. The second kappa shape index (κ2) is 8.05. The van der Waals surface area contributed by atoms with E-state index < -0.39 is 0 Å². The second-order valence-corrected chi connectivity index (χ2v) is 3.38. The van der Waals surface area contributed by atoms with E-state index >= 15 is 0 Å². The van der Waals surface area contributed by atoms with Gasteiger partial charge in [-0.05, 0) is 12.5 Å². The third-order valence-electron chi connectivity index (χ3n) is 2.21. The maximum absolute atomic E-state index is 10.5. The van der Waals surface area contributed by atoms with Gasteiger partial charge < -0.3 is 0 Å². The molecule has 0 spiro atoms. The highest BCUT2D eigenvalue weighted by atomic mass is 16.1. The number of allylic oxidation sites excluding steroid dienone is 2. The quantitative estimate of drug-likeness (QED) is 0.557. The van der Waals surface area contributed by atoms with Gasteiger partial charge in [0.05, 0.1) is 0 Å². The number of benzene rings is 2. The molecule has 0 aliphatic heterocycles. The van der Waals surface area contributed by atoms with Crippen molar-refractivity contribution in [1.82, 2.24) is 0 Å². The molecule has 2 aromatic carbocycles. The highest BCUT2D eigenvalue weighted by molar-refractivity contribution is 6.06. The van der Waals surface area contributed by atoms with Crippen LogP contribution in [-0.4, -0.2) is 6.29 Å². The van der Waals surface area contributed by atoms with E-state index in [4.69, 9.17) is 0 Å². The van der Waals surface area contributed by atoms with Crippen LogP contribution >= 0.6 is 0 Å². The Morgan fingerprint density at radius 3 is 1.59 bits per heavy atom. The van der Waals surface area contributed by atoms with Gasteiger partial charge in [-0.2, -0.15) is 0 Å². The Bertz CT molecular complexity index is 417. The molecule has 1 nitrogen and oxygen atoms in total. The molecule has 0 unspecified atom stereocenters. The molecule has 0 aliphatic rings. The average molecular weight is 224 g/mol. The van der Waals surface area contributed by atoms with Crippen molar-refractivity contribution < 1.29 is 4.79 Å². The lowest BCUT2D eigenvalue weighted by molar-refractivity contribution is -0.103. The molecule has 2 aromatic rings. The lowest BCUT2D eigenvalue weighted by Gasteiger charge is -1.96. The number of rotatable bonds is 2. The zero-order valence-corrected chi connectivity index (χ0v) is 9.91. The van der Waals surface area contributed by atoms with Gasteiger partial charge in [-0.15, -0.1) is 0 Å². The van der Waals surface area contributed by atoms with Crippen LogP contribution in [0.2, 0.25) is 0 Å². The van der Waals surface area contributed by atoms with E-state index in [0.717, 1.165) is 17.4 Å². The van der Waals surface area contributed by atoms with Gasteiger partial charge >= 0.3 is 0 Å². The first kappa shape index (κ1) is 12.9. The summed E-state index contributed by atoms with van der Waals surface area (Å²) >= 11 is 0. The largest absolute Gasteiger partial charge is 0.298 e. The van der Waals surface area contributed by atoms with Crippen molar-refractivity contribution in [2.45, 2.75) is 6.92 Å². The molecular formula is C16H16O. The Morgan fingerprint density at radius 2 is 1.24 bits per heavy atom.